The topological polar surface area (TPSA) is 43.4 Å². The van der Waals surface area contributed by atoms with Gasteiger partial charge in [0.2, 0.25) is 0 Å². The summed E-state index contributed by atoms with van der Waals surface area (Å²) in [7, 11) is -5.55. The lowest BCUT2D eigenvalue weighted by Gasteiger charge is -2.05. The fourth-order valence-electron chi connectivity index (χ4n) is 0.900. The molecular formula is C10H8F3O3S. The van der Waals surface area contributed by atoms with Crippen molar-refractivity contribution in [2.24, 2.45) is 0 Å². The zero-order chi connectivity index (χ0) is 12.9. The van der Waals surface area contributed by atoms with Gasteiger partial charge in [-0.05, 0) is 24.1 Å². The molecule has 1 rings (SSSR count). The highest BCUT2D eigenvalue weighted by molar-refractivity contribution is 7.87. The van der Waals surface area contributed by atoms with E-state index in [4.69, 9.17) is 0 Å². The van der Waals surface area contributed by atoms with Crippen LogP contribution in [0.1, 0.15) is 5.56 Å². The molecule has 0 amide bonds. The second-order valence-electron chi connectivity index (χ2n) is 2.96. The molecular weight excluding hydrogens is 257 g/mol. The molecule has 7 heteroatoms. The van der Waals surface area contributed by atoms with E-state index >= 15 is 0 Å². The molecule has 0 saturated heterocycles. The van der Waals surface area contributed by atoms with Crippen molar-refractivity contribution in [1.82, 2.24) is 0 Å². The Morgan fingerprint density at radius 1 is 1.35 bits per heavy atom. The summed E-state index contributed by atoms with van der Waals surface area (Å²) in [5, 5.41) is 0. The molecule has 0 spiro atoms. The summed E-state index contributed by atoms with van der Waals surface area (Å²) in [6.45, 7) is 0. The van der Waals surface area contributed by atoms with Crippen molar-refractivity contribution in [2.75, 3.05) is 0 Å². The molecule has 0 fully saturated rings. The van der Waals surface area contributed by atoms with Gasteiger partial charge in [0.25, 0.3) is 0 Å². The quantitative estimate of drug-likeness (QED) is 0.477. The molecule has 0 heterocycles. The Morgan fingerprint density at radius 2 is 2.06 bits per heavy atom. The molecule has 3 nitrogen and oxygen atoms in total. The van der Waals surface area contributed by atoms with Crippen LogP contribution in [0.15, 0.2) is 36.6 Å². The zero-order valence-electron chi connectivity index (χ0n) is 8.44. The average molecular weight is 265 g/mol. The van der Waals surface area contributed by atoms with Gasteiger partial charge in [-0.15, -0.1) is 0 Å². The van der Waals surface area contributed by atoms with E-state index in [2.05, 4.69) is 10.2 Å². The highest BCUT2D eigenvalue weighted by Crippen LogP contribution is 2.24. The lowest BCUT2D eigenvalue weighted by Crippen LogP contribution is -2.23. The van der Waals surface area contributed by atoms with E-state index in [0.29, 0.717) is 11.8 Å². The van der Waals surface area contributed by atoms with Crippen LogP contribution in [0.25, 0.3) is 0 Å². The third-order valence-corrected chi connectivity index (χ3v) is 2.60. The van der Waals surface area contributed by atoms with Crippen LogP contribution in [-0.2, 0) is 20.7 Å². The highest BCUT2D eigenvalue weighted by Gasteiger charge is 2.47. The molecule has 0 aliphatic carbocycles. The summed E-state index contributed by atoms with van der Waals surface area (Å²) in [5.41, 5.74) is -4.70. The smallest absolute Gasteiger partial charge is 0.384 e. The molecule has 0 bridgehead atoms. The molecule has 0 atom stereocenters. The molecule has 0 N–H and O–H groups in total. The largest absolute Gasteiger partial charge is 0.534 e. The van der Waals surface area contributed by atoms with Gasteiger partial charge in [0.05, 0.1) is 0 Å². The normalized spacial score (nSPS) is 12.9. The van der Waals surface area contributed by atoms with Crippen LogP contribution >= 0.6 is 0 Å². The Labute approximate surface area is 96.6 Å². The fraction of sp³-hybridized carbons (Fsp3) is 0.200. The molecule has 0 saturated carbocycles. The molecule has 0 aliphatic rings. The SMILES string of the molecule is O=S(=O)(O/C=C/Cc1[c]cccc1)C(F)(F)F. The monoisotopic (exact) mass is 265 g/mol. The summed E-state index contributed by atoms with van der Waals surface area (Å²) in [6.07, 6.45) is 1.90. The Bertz CT molecular complexity index is 477. The van der Waals surface area contributed by atoms with Gasteiger partial charge in [0, 0.05) is 0 Å². The number of rotatable bonds is 4. The molecule has 17 heavy (non-hydrogen) atoms. The number of benzene rings is 1. The average Bonchev–Trinajstić information content (AvgIpc) is 2.24. The zero-order valence-corrected chi connectivity index (χ0v) is 9.25. The minimum Gasteiger partial charge on any atom is -0.384 e. The van der Waals surface area contributed by atoms with Gasteiger partial charge >= 0.3 is 15.6 Å². The van der Waals surface area contributed by atoms with Gasteiger partial charge in [0.1, 0.15) is 6.26 Å². The third kappa shape index (κ3) is 4.10. The second kappa shape index (κ2) is 5.22. The first kappa shape index (κ1) is 13.6. The summed E-state index contributed by atoms with van der Waals surface area (Å²) in [5.74, 6) is 0. The Kier molecular flexibility index (Phi) is 4.17. The van der Waals surface area contributed by atoms with Crippen molar-refractivity contribution < 1.29 is 25.8 Å². The maximum Gasteiger partial charge on any atom is 0.534 e. The van der Waals surface area contributed by atoms with Crippen molar-refractivity contribution in [1.29, 1.82) is 0 Å². The highest BCUT2D eigenvalue weighted by atomic mass is 32.2. The fourth-order valence-corrected chi connectivity index (χ4v) is 1.23. The first-order valence-corrected chi connectivity index (χ1v) is 5.84. The molecule has 93 valence electrons. The first-order chi connectivity index (χ1) is 7.83. The van der Waals surface area contributed by atoms with Crippen LogP contribution in [0.5, 0.6) is 0 Å². The van der Waals surface area contributed by atoms with E-state index in [1.54, 1.807) is 24.3 Å². The van der Waals surface area contributed by atoms with Crippen molar-refractivity contribution >= 4 is 10.1 Å². The van der Waals surface area contributed by atoms with Gasteiger partial charge in [-0.2, -0.15) is 21.6 Å². The van der Waals surface area contributed by atoms with Crippen LogP contribution in [0.4, 0.5) is 13.2 Å². The number of hydrogen-bond donors (Lipinski definition) is 0. The minimum atomic E-state index is -5.55. The van der Waals surface area contributed by atoms with Gasteiger partial charge in [0.15, 0.2) is 0 Å². The van der Waals surface area contributed by atoms with Gasteiger partial charge < -0.3 is 4.18 Å². The van der Waals surface area contributed by atoms with Gasteiger partial charge in [-0.25, -0.2) is 0 Å². The van der Waals surface area contributed by atoms with E-state index in [-0.39, 0.29) is 6.42 Å². The molecule has 0 aliphatic heterocycles. The standard InChI is InChI=1S/C10H8F3O3S/c11-10(12,13)17(14,15)16-8-4-7-9-5-2-1-3-6-9/h1-5,8H,7H2/b8-4+. The van der Waals surface area contributed by atoms with Gasteiger partial charge in [-0.1, -0.05) is 24.3 Å². The van der Waals surface area contributed by atoms with Crippen LogP contribution in [0.3, 0.4) is 0 Å². The number of allylic oxidation sites excluding steroid dienone is 1. The molecule has 1 radical (unpaired) electrons. The van der Waals surface area contributed by atoms with Crippen molar-refractivity contribution in [2.45, 2.75) is 11.9 Å². The van der Waals surface area contributed by atoms with Crippen LogP contribution in [0, 0.1) is 6.07 Å². The van der Waals surface area contributed by atoms with E-state index in [1.807, 2.05) is 0 Å². The van der Waals surface area contributed by atoms with Gasteiger partial charge in [-0.3, -0.25) is 0 Å². The summed E-state index contributed by atoms with van der Waals surface area (Å²) in [4.78, 5) is 0. The lowest BCUT2D eigenvalue weighted by molar-refractivity contribution is -0.0515. The Morgan fingerprint density at radius 3 is 2.59 bits per heavy atom. The number of hydrogen-bond acceptors (Lipinski definition) is 3. The van der Waals surface area contributed by atoms with E-state index in [9.17, 15) is 21.6 Å². The maximum atomic E-state index is 11.8. The van der Waals surface area contributed by atoms with Crippen LogP contribution < -0.4 is 0 Å². The van der Waals surface area contributed by atoms with E-state index < -0.39 is 15.6 Å². The minimum absolute atomic E-state index is 0.230. The summed E-state index contributed by atoms with van der Waals surface area (Å²) >= 11 is 0. The Balaban J connectivity index is 2.53. The molecule has 1 aromatic rings. The summed E-state index contributed by atoms with van der Waals surface area (Å²) < 4.78 is 60.1. The Hall–Kier alpha value is -1.50. The molecule has 1 aromatic carbocycles. The predicted molar refractivity (Wildman–Crippen MR) is 54.2 cm³/mol. The van der Waals surface area contributed by atoms with E-state index in [0.717, 1.165) is 6.08 Å². The lowest BCUT2D eigenvalue weighted by atomic mass is 10.2. The van der Waals surface area contributed by atoms with Crippen molar-refractivity contribution in [3.8, 4) is 0 Å². The van der Waals surface area contributed by atoms with E-state index in [1.165, 1.54) is 0 Å². The second-order valence-corrected chi connectivity index (χ2v) is 4.52. The third-order valence-electron chi connectivity index (χ3n) is 1.67. The van der Waals surface area contributed by atoms with Crippen LogP contribution in [0.2, 0.25) is 0 Å². The first-order valence-electron chi connectivity index (χ1n) is 4.43. The predicted octanol–water partition coefficient (Wildman–Crippen LogP) is 2.41. The number of alkyl halides is 3. The van der Waals surface area contributed by atoms with Crippen molar-refractivity contribution in [3.05, 3.63) is 48.2 Å². The maximum absolute atomic E-state index is 11.8. The molecule has 0 aromatic heterocycles. The van der Waals surface area contributed by atoms with Crippen LogP contribution in [-0.4, -0.2) is 13.9 Å². The van der Waals surface area contributed by atoms with Crippen molar-refractivity contribution in [3.63, 3.8) is 0 Å². The molecule has 0 unspecified atom stereocenters. The number of halogens is 3. The summed E-state index contributed by atoms with van der Waals surface area (Å²) in [6, 6.07) is 9.61.